The van der Waals surface area contributed by atoms with Crippen molar-refractivity contribution in [1.82, 2.24) is 9.13 Å². The van der Waals surface area contributed by atoms with Crippen LogP contribution in [0.1, 0.15) is 26.2 Å². The average molecular weight is 196 g/mol. The second-order valence-electron chi connectivity index (χ2n) is 3.41. The lowest BCUT2D eigenvalue weighted by Gasteiger charge is -2.05. The van der Waals surface area contributed by atoms with Crippen LogP contribution in [0.15, 0.2) is 21.9 Å². The largest absolute Gasteiger partial charge is 0.330 e. The number of aromatic nitrogens is 2. The van der Waals surface area contributed by atoms with Crippen molar-refractivity contribution < 1.29 is 0 Å². The first-order chi connectivity index (χ1) is 6.66. The molecule has 1 aromatic rings. The van der Waals surface area contributed by atoms with E-state index >= 15 is 0 Å². The molecule has 4 nitrogen and oxygen atoms in total. The number of hydrogen-bond donors (Lipinski definition) is 0. The van der Waals surface area contributed by atoms with Crippen LogP contribution in [0.25, 0.3) is 0 Å². The predicted octanol–water partition coefficient (Wildman–Crippen LogP) is 0.737. The van der Waals surface area contributed by atoms with Gasteiger partial charge in [0.1, 0.15) is 0 Å². The summed E-state index contributed by atoms with van der Waals surface area (Å²) < 4.78 is 2.71. The molecule has 0 saturated carbocycles. The number of hydrogen-bond acceptors (Lipinski definition) is 2. The van der Waals surface area contributed by atoms with Gasteiger partial charge in [-0.2, -0.15) is 0 Å². The van der Waals surface area contributed by atoms with E-state index in [0.717, 1.165) is 19.3 Å². The quantitative estimate of drug-likeness (QED) is 0.666. The molecular weight excluding hydrogens is 180 g/mol. The second-order valence-corrected chi connectivity index (χ2v) is 3.41. The summed E-state index contributed by atoms with van der Waals surface area (Å²) in [7, 11) is 1.65. The van der Waals surface area contributed by atoms with E-state index in [1.807, 2.05) is 0 Å². The fraction of sp³-hybridized carbons (Fsp3) is 0.600. The standard InChI is InChI=1S/C10H16N2O2/c1-3-4-5-7-12-9(13)6-8-11(2)10(12)14/h6,8H,3-5,7H2,1-2H3. The number of unbranched alkanes of at least 4 members (excludes halogenated alkanes) is 2. The van der Waals surface area contributed by atoms with Crippen LogP contribution >= 0.6 is 0 Å². The van der Waals surface area contributed by atoms with Crippen molar-refractivity contribution in [3.8, 4) is 0 Å². The molecule has 0 aliphatic rings. The first kappa shape index (κ1) is 10.8. The van der Waals surface area contributed by atoms with Crippen LogP contribution in [0, 0.1) is 0 Å². The summed E-state index contributed by atoms with van der Waals surface area (Å²) in [5.74, 6) is 0. The second kappa shape index (κ2) is 4.79. The zero-order valence-corrected chi connectivity index (χ0v) is 8.69. The van der Waals surface area contributed by atoms with Crippen molar-refractivity contribution in [3.05, 3.63) is 33.1 Å². The predicted molar refractivity (Wildman–Crippen MR) is 55.5 cm³/mol. The molecule has 1 aromatic heterocycles. The van der Waals surface area contributed by atoms with Gasteiger partial charge in [0, 0.05) is 25.9 Å². The Hall–Kier alpha value is -1.32. The summed E-state index contributed by atoms with van der Waals surface area (Å²) in [5.41, 5.74) is -0.433. The normalized spacial score (nSPS) is 10.4. The van der Waals surface area contributed by atoms with E-state index < -0.39 is 0 Å². The van der Waals surface area contributed by atoms with Crippen LogP contribution < -0.4 is 11.2 Å². The monoisotopic (exact) mass is 196 g/mol. The maximum absolute atomic E-state index is 11.5. The van der Waals surface area contributed by atoms with Gasteiger partial charge in [-0.3, -0.25) is 9.36 Å². The lowest BCUT2D eigenvalue weighted by Crippen LogP contribution is -2.37. The van der Waals surface area contributed by atoms with Gasteiger partial charge in [0.15, 0.2) is 0 Å². The van der Waals surface area contributed by atoms with Gasteiger partial charge < -0.3 is 4.57 Å². The fourth-order valence-corrected chi connectivity index (χ4v) is 1.34. The molecule has 1 rings (SSSR count). The van der Waals surface area contributed by atoms with Gasteiger partial charge in [-0.05, 0) is 6.42 Å². The molecule has 0 saturated heterocycles. The molecule has 0 radical (unpaired) electrons. The maximum atomic E-state index is 11.5. The third-order valence-electron chi connectivity index (χ3n) is 2.22. The highest BCUT2D eigenvalue weighted by molar-refractivity contribution is 4.85. The molecule has 78 valence electrons. The van der Waals surface area contributed by atoms with Gasteiger partial charge in [0.2, 0.25) is 0 Å². The van der Waals surface area contributed by atoms with Gasteiger partial charge in [0.05, 0.1) is 0 Å². The van der Waals surface area contributed by atoms with Crippen molar-refractivity contribution in [2.75, 3.05) is 0 Å². The zero-order valence-electron chi connectivity index (χ0n) is 8.69. The maximum Gasteiger partial charge on any atom is 0.330 e. The Labute approximate surface area is 82.8 Å². The van der Waals surface area contributed by atoms with E-state index in [-0.39, 0.29) is 11.2 Å². The van der Waals surface area contributed by atoms with Crippen LogP contribution in [0.2, 0.25) is 0 Å². The highest BCUT2D eigenvalue weighted by Gasteiger charge is 2.01. The third-order valence-corrected chi connectivity index (χ3v) is 2.22. The van der Waals surface area contributed by atoms with Crippen molar-refractivity contribution >= 4 is 0 Å². The Morgan fingerprint density at radius 3 is 2.64 bits per heavy atom. The Bertz CT molecular complexity index is 403. The van der Waals surface area contributed by atoms with Gasteiger partial charge in [0.25, 0.3) is 5.56 Å². The van der Waals surface area contributed by atoms with E-state index in [4.69, 9.17) is 0 Å². The Kier molecular flexibility index (Phi) is 3.68. The van der Waals surface area contributed by atoms with Gasteiger partial charge in [-0.25, -0.2) is 4.79 Å². The van der Waals surface area contributed by atoms with E-state index in [0.29, 0.717) is 6.54 Å². The van der Waals surface area contributed by atoms with E-state index in [2.05, 4.69) is 6.92 Å². The van der Waals surface area contributed by atoms with Crippen molar-refractivity contribution in [3.63, 3.8) is 0 Å². The van der Waals surface area contributed by atoms with Crippen LogP contribution in [0.5, 0.6) is 0 Å². The van der Waals surface area contributed by atoms with Gasteiger partial charge >= 0.3 is 5.69 Å². The molecular formula is C10H16N2O2. The molecule has 0 aliphatic heterocycles. The number of nitrogens with zero attached hydrogens (tertiary/aromatic N) is 2. The minimum atomic E-state index is -0.228. The topological polar surface area (TPSA) is 44.0 Å². The zero-order chi connectivity index (χ0) is 10.6. The molecule has 0 bridgehead atoms. The molecule has 0 N–H and O–H groups in total. The first-order valence-electron chi connectivity index (χ1n) is 4.93. The van der Waals surface area contributed by atoms with Crippen LogP contribution in [-0.4, -0.2) is 9.13 Å². The average Bonchev–Trinajstić information content (AvgIpc) is 2.18. The minimum absolute atomic E-state index is 0.204. The lowest BCUT2D eigenvalue weighted by atomic mass is 10.2. The Morgan fingerprint density at radius 1 is 1.29 bits per heavy atom. The molecule has 0 spiro atoms. The molecule has 0 atom stereocenters. The van der Waals surface area contributed by atoms with Crippen LogP contribution in [0.4, 0.5) is 0 Å². The summed E-state index contributed by atoms with van der Waals surface area (Å²) in [4.78, 5) is 22.8. The molecule has 14 heavy (non-hydrogen) atoms. The number of aryl methyl sites for hydroxylation is 1. The number of rotatable bonds is 4. The van der Waals surface area contributed by atoms with E-state index in [1.165, 1.54) is 21.4 Å². The molecule has 0 aliphatic carbocycles. The Morgan fingerprint density at radius 2 is 2.00 bits per heavy atom. The van der Waals surface area contributed by atoms with Gasteiger partial charge in [-0.15, -0.1) is 0 Å². The summed E-state index contributed by atoms with van der Waals surface area (Å²) in [6.45, 7) is 2.62. The van der Waals surface area contributed by atoms with Crippen molar-refractivity contribution in [2.24, 2.45) is 7.05 Å². The first-order valence-corrected chi connectivity index (χ1v) is 4.93. The van der Waals surface area contributed by atoms with E-state index in [9.17, 15) is 9.59 Å². The van der Waals surface area contributed by atoms with E-state index in [1.54, 1.807) is 7.05 Å². The molecule has 0 amide bonds. The third kappa shape index (κ3) is 2.34. The molecule has 0 aromatic carbocycles. The molecule has 4 heteroatoms. The molecule has 0 fully saturated rings. The smallest absolute Gasteiger partial charge is 0.303 e. The SMILES string of the molecule is CCCCCn1c(=O)ccn(C)c1=O. The lowest BCUT2D eigenvalue weighted by molar-refractivity contribution is 0.542. The van der Waals surface area contributed by atoms with Gasteiger partial charge in [-0.1, -0.05) is 19.8 Å². The highest BCUT2D eigenvalue weighted by Crippen LogP contribution is 1.94. The molecule has 0 unspecified atom stereocenters. The highest BCUT2D eigenvalue weighted by atomic mass is 16.2. The Balaban J connectivity index is 2.90. The summed E-state index contributed by atoms with van der Waals surface area (Å²) >= 11 is 0. The van der Waals surface area contributed by atoms with Crippen molar-refractivity contribution in [2.45, 2.75) is 32.7 Å². The minimum Gasteiger partial charge on any atom is -0.303 e. The summed E-state index contributed by atoms with van der Waals surface area (Å²) in [5, 5.41) is 0. The molecule has 1 heterocycles. The summed E-state index contributed by atoms with van der Waals surface area (Å²) in [6, 6.07) is 1.42. The van der Waals surface area contributed by atoms with Crippen LogP contribution in [0.3, 0.4) is 0 Å². The summed E-state index contributed by atoms with van der Waals surface area (Å²) in [6.07, 6.45) is 4.52. The fourth-order valence-electron chi connectivity index (χ4n) is 1.34. The van der Waals surface area contributed by atoms with Crippen LogP contribution in [-0.2, 0) is 13.6 Å². The van der Waals surface area contributed by atoms with Crippen molar-refractivity contribution in [1.29, 1.82) is 0 Å².